The van der Waals surface area contributed by atoms with Crippen LogP contribution in [-0.4, -0.2) is 18.2 Å². The van der Waals surface area contributed by atoms with Crippen molar-refractivity contribution < 1.29 is 4.74 Å². The van der Waals surface area contributed by atoms with E-state index < -0.39 is 5.41 Å². The van der Waals surface area contributed by atoms with E-state index in [1.165, 1.54) is 22.3 Å². The molecule has 0 saturated carbocycles. The Kier molecular flexibility index (Phi) is 6.09. The molecule has 1 aromatic heterocycles. The normalized spacial score (nSPS) is 14.1. The lowest BCUT2D eigenvalue weighted by atomic mass is 9.65. The number of aliphatic imine (C=N–C) groups is 1. The summed E-state index contributed by atoms with van der Waals surface area (Å²) in [5.74, 6) is 1.81. The predicted molar refractivity (Wildman–Crippen MR) is 195 cm³/mol. The highest BCUT2D eigenvalue weighted by atomic mass is 16.5. The molecule has 0 radical (unpaired) electrons. The first-order chi connectivity index (χ1) is 23.2. The zero-order valence-electron chi connectivity index (χ0n) is 25.9. The first-order valence-corrected chi connectivity index (χ1v) is 15.9. The number of pyridine rings is 1. The lowest BCUT2D eigenvalue weighted by Gasteiger charge is -2.40. The highest BCUT2D eigenvalue weighted by Gasteiger charge is 2.52. The number of allylic oxidation sites excluding steroid dienone is 3. The summed E-state index contributed by atoms with van der Waals surface area (Å²) < 4.78 is 7.13. The van der Waals surface area contributed by atoms with Gasteiger partial charge >= 0.3 is 0 Å². The molecular weight excluding hydrogens is 572 g/mol. The lowest BCUT2D eigenvalue weighted by Crippen LogP contribution is -2.32. The molecule has 3 heteroatoms. The van der Waals surface area contributed by atoms with Crippen LogP contribution in [-0.2, 0) is 5.41 Å². The minimum atomic E-state index is -0.654. The number of hydrogen-bond donors (Lipinski definition) is 0. The van der Waals surface area contributed by atoms with Crippen molar-refractivity contribution >= 4 is 33.3 Å². The maximum absolute atomic E-state index is 7.13. The van der Waals surface area contributed by atoms with E-state index in [2.05, 4.69) is 132 Å². The number of benzene rings is 6. The fourth-order valence-corrected chi connectivity index (χ4v) is 7.82. The highest BCUT2D eigenvalue weighted by molar-refractivity contribution is 6.11. The van der Waals surface area contributed by atoms with Crippen molar-refractivity contribution in [2.75, 3.05) is 7.05 Å². The Morgan fingerprint density at radius 3 is 1.98 bits per heavy atom. The van der Waals surface area contributed by atoms with Gasteiger partial charge in [-0.25, -0.2) is 0 Å². The second-order valence-corrected chi connectivity index (χ2v) is 12.2. The predicted octanol–water partition coefficient (Wildman–Crippen LogP) is 10.8. The number of rotatable bonds is 4. The van der Waals surface area contributed by atoms with Gasteiger partial charge in [-0.15, -0.1) is 0 Å². The molecule has 2 aliphatic rings. The van der Waals surface area contributed by atoms with E-state index in [1.54, 1.807) is 0 Å². The Balaban J connectivity index is 1.47. The molecule has 47 heavy (non-hydrogen) atoms. The molecule has 1 spiro atoms. The number of hydrogen-bond acceptors (Lipinski definition) is 3. The molecule has 222 valence electrons. The Morgan fingerprint density at radius 2 is 1.34 bits per heavy atom. The molecule has 0 unspecified atom stereocenters. The van der Waals surface area contributed by atoms with Crippen molar-refractivity contribution in [3.63, 3.8) is 0 Å². The Morgan fingerprint density at radius 1 is 0.681 bits per heavy atom. The van der Waals surface area contributed by atoms with Crippen LogP contribution >= 0.6 is 0 Å². The van der Waals surface area contributed by atoms with Gasteiger partial charge in [0, 0.05) is 47.6 Å². The van der Waals surface area contributed by atoms with Crippen molar-refractivity contribution in [1.29, 1.82) is 0 Å². The summed E-state index contributed by atoms with van der Waals surface area (Å²) in [5, 5.41) is 4.50. The van der Waals surface area contributed by atoms with Gasteiger partial charge in [-0.3, -0.25) is 9.98 Å². The molecule has 9 rings (SSSR count). The van der Waals surface area contributed by atoms with E-state index >= 15 is 0 Å². The fourth-order valence-electron chi connectivity index (χ4n) is 7.82. The molecule has 0 amide bonds. The summed E-state index contributed by atoms with van der Waals surface area (Å²) in [6.45, 7) is 3.99. The standard InChI is InChI=1S/C44H30N2O/c1-3-9-32(26-45-2)30-15-19-36-37-20-16-31(33-12-8-23-46-27-33)25-41(37)44(40(36)24-30)38-21-17-28-10-4-6-13-34(28)42(38)47-43-35-14-7-5-11-29(35)18-22-39(43)44/h3-27H,1H2,2H3/b32-9+,45-26-. The van der Waals surface area contributed by atoms with E-state index in [4.69, 9.17) is 4.74 Å². The minimum Gasteiger partial charge on any atom is -0.455 e. The van der Waals surface area contributed by atoms with Crippen LogP contribution in [0.3, 0.4) is 0 Å². The smallest absolute Gasteiger partial charge is 0.140 e. The van der Waals surface area contributed by atoms with Gasteiger partial charge in [0.05, 0.1) is 5.41 Å². The fraction of sp³-hybridized carbons (Fsp3) is 0.0455. The molecule has 6 aromatic carbocycles. The monoisotopic (exact) mass is 602 g/mol. The van der Waals surface area contributed by atoms with Crippen LogP contribution in [0.1, 0.15) is 27.8 Å². The van der Waals surface area contributed by atoms with Crippen molar-refractivity contribution in [2.24, 2.45) is 4.99 Å². The van der Waals surface area contributed by atoms with Gasteiger partial charge in [0.15, 0.2) is 0 Å². The van der Waals surface area contributed by atoms with E-state index in [0.29, 0.717) is 0 Å². The Labute approximate surface area is 273 Å². The lowest BCUT2D eigenvalue weighted by molar-refractivity contribution is 0.447. The van der Waals surface area contributed by atoms with Crippen molar-refractivity contribution in [3.8, 4) is 33.8 Å². The second kappa shape index (κ2) is 10.5. The summed E-state index contributed by atoms with van der Waals surface area (Å²) in [6, 6.07) is 44.0. The molecule has 0 fully saturated rings. The van der Waals surface area contributed by atoms with E-state index in [1.807, 2.05) is 43.9 Å². The average Bonchev–Trinajstić information content (AvgIpc) is 3.41. The van der Waals surface area contributed by atoms with Crippen LogP contribution in [0.2, 0.25) is 0 Å². The SMILES string of the molecule is C=C/C=C(\C=N/C)c1ccc2c(c1)C1(c3cc(-c4cccnc4)ccc3-2)c2ccc3ccccc3c2Oc2c1ccc1ccccc21. The van der Waals surface area contributed by atoms with Crippen LogP contribution in [0.5, 0.6) is 11.5 Å². The van der Waals surface area contributed by atoms with Gasteiger partial charge in [0.1, 0.15) is 11.5 Å². The molecule has 1 aliphatic carbocycles. The number of nitrogens with zero attached hydrogens (tertiary/aromatic N) is 2. The van der Waals surface area contributed by atoms with E-state index in [0.717, 1.165) is 66.4 Å². The molecule has 1 aliphatic heterocycles. The Hall–Kier alpha value is -6.06. The molecule has 3 nitrogen and oxygen atoms in total. The van der Waals surface area contributed by atoms with Crippen molar-refractivity contribution in [2.45, 2.75) is 5.41 Å². The highest BCUT2D eigenvalue weighted by Crippen LogP contribution is 2.64. The van der Waals surface area contributed by atoms with Crippen LogP contribution < -0.4 is 4.74 Å². The average molecular weight is 603 g/mol. The molecule has 0 N–H and O–H groups in total. The third-order valence-electron chi connectivity index (χ3n) is 9.80. The van der Waals surface area contributed by atoms with Crippen molar-refractivity contribution in [1.82, 2.24) is 4.98 Å². The molecule has 0 atom stereocenters. The minimum absolute atomic E-state index is 0.654. The van der Waals surface area contributed by atoms with Crippen LogP contribution in [0.25, 0.3) is 49.4 Å². The number of aromatic nitrogens is 1. The quantitative estimate of drug-likeness (QED) is 0.148. The maximum atomic E-state index is 7.13. The van der Waals surface area contributed by atoms with Crippen LogP contribution in [0, 0.1) is 0 Å². The Bertz CT molecular complexity index is 2390. The summed E-state index contributed by atoms with van der Waals surface area (Å²) in [5.41, 5.74) is 10.8. The summed E-state index contributed by atoms with van der Waals surface area (Å²) in [6.07, 6.45) is 9.53. The number of ether oxygens (including phenoxy) is 1. The first-order valence-electron chi connectivity index (χ1n) is 15.9. The van der Waals surface area contributed by atoms with Gasteiger partial charge < -0.3 is 4.74 Å². The summed E-state index contributed by atoms with van der Waals surface area (Å²) in [4.78, 5) is 8.84. The first kappa shape index (κ1) is 27.3. The summed E-state index contributed by atoms with van der Waals surface area (Å²) >= 11 is 0. The van der Waals surface area contributed by atoms with Gasteiger partial charge in [-0.1, -0.05) is 122 Å². The van der Waals surface area contributed by atoms with Gasteiger partial charge in [-0.2, -0.15) is 0 Å². The third kappa shape index (κ3) is 3.87. The van der Waals surface area contributed by atoms with Gasteiger partial charge in [-0.05, 0) is 73.5 Å². The van der Waals surface area contributed by atoms with E-state index in [-0.39, 0.29) is 0 Å². The van der Waals surface area contributed by atoms with Gasteiger partial charge in [0.25, 0.3) is 0 Å². The van der Waals surface area contributed by atoms with Crippen LogP contribution in [0.15, 0.2) is 157 Å². The maximum Gasteiger partial charge on any atom is 0.140 e. The zero-order chi connectivity index (χ0) is 31.5. The third-order valence-corrected chi connectivity index (χ3v) is 9.80. The summed E-state index contributed by atoms with van der Waals surface area (Å²) in [7, 11) is 1.81. The van der Waals surface area contributed by atoms with Gasteiger partial charge in [0.2, 0.25) is 0 Å². The molecule has 2 heterocycles. The topological polar surface area (TPSA) is 34.5 Å². The largest absolute Gasteiger partial charge is 0.455 e. The zero-order valence-corrected chi connectivity index (χ0v) is 25.9. The van der Waals surface area contributed by atoms with E-state index in [9.17, 15) is 0 Å². The molecular formula is C44H30N2O. The molecule has 0 bridgehead atoms. The molecule has 7 aromatic rings. The van der Waals surface area contributed by atoms with Crippen molar-refractivity contribution in [3.05, 3.63) is 180 Å². The molecule has 0 saturated heterocycles. The number of fused-ring (bicyclic) bond motifs is 13. The second-order valence-electron chi connectivity index (χ2n) is 12.2. The van der Waals surface area contributed by atoms with Crippen LogP contribution in [0.4, 0.5) is 0 Å².